The summed E-state index contributed by atoms with van der Waals surface area (Å²) in [5, 5.41) is 3.36. The molecule has 0 spiro atoms. The molecule has 2 nitrogen and oxygen atoms in total. The Hall–Kier alpha value is -1.23. The van der Waals surface area contributed by atoms with E-state index in [9.17, 15) is 13.2 Å². The van der Waals surface area contributed by atoms with Crippen LogP contribution in [0.4, 0.5) is 13.2 Å². The van der Waals surface area contributed by atoms with Gasteiger partial charge >= 0.3 is 6.18 Å². The van der Waals surface area contributed by atoms with E-state index in [4.69, 9.17) is 4.74 Å². The number of hydrogen-bond acceptors (Lipinski definition) is 2. The number of hydrogen-bond donors (Lipinski definition) is 1. The number of nitrogens with one attached hydrogen (secondary N) is 1. The summed E-state index contributed by atoms with van der Waals surface area (Å²) in [4.78, 5) is 0. The summed E-state index contributed by atoms with van der Waals surface area (Å²) in [6.45, 7) is 1.37. The standard InChI is InChI=1S/C14H18F3NO/c15-14(16,17)12-7-1-2-8-13(12)19-10-4-6-11-5-3-9-18-11/h1-2,7-8,11,18H,3-6,9-10H2. The minimum atomic E-state index is -4.36. The zero-order valence-corrected chi connectivity index (χ0v) is 10.7. The van der Waals surface area contributed by atoms with Crippen molar-refractivity contribution in [2.45, 2.75) is 37.9 Å². The summed E-state index contributed by atoms with van der Waals surface area (Å²) < 4.78 is 43.4. The number of para-hydroxylation sites is 1. The fraction of sp³-hybridized carbons (Fsp3) is 0.571. The molecular formula is C14H18F3NO. The van der Waals surface area contributed by atoms with Crippen molar-refractivity contribution < 1.29 is 17.9 Å². The molecule has 0 bridgehead atoms. The number of rotatable bonds is 5. The van der Waals surface area contributed by atoms with Gasteiger partial charge in [0.05, 0.1) is 12.2 Å². The van der Waals surface area contributed by atoms with Crippen molar-refractivity contribution >= 4 is 0 Å². The predicted octanol–water partition coefficient (Wildman–Crippen LogP) is 3.62. The van der Waals surface area contributed by atoms with Gasteiger partial charge in [0.25, 0.3) is 0 Å². The first kappa shape index (κ1) is 14.2. The van der Waals surface area contributed by atoms with Gasteiger partial charge in [-0.15, -0.1) is 0 Å². The van der Waals surface area contributed by atoms with Crippen molar-refractivity contribution in [3.8, 4) is 5.75 Å². The average molecular weight is 273 g/mol. The summed E-state index contributed by atoms with van der Waals surface area (Å²) in [6, 6.07) is 5.85. The molecule has 2 rings (SSSR count). The molecule has 1 aromatic carbocycles. The minimum Gasteiger partial charge on any atom is -0.493 e. The highest BCUT2D eigenvalue weighted by atomic mass is 19.4. The predicted molar refractivity (Wildman–Crippen MR) is 67.2 cm³/mol. The number of benzene rings is 1. The quantitative estimate of drug-likeness (QED) is 0.827. The second-order valence-corrected chi connectivity index (χ2v) is 4.78. The molecular weight excluding hydrogens is 255 g/mol. The van der Waals surface area contributed by atoms with Crippen LogP contribution in [0.2, 0.25) is 0 Å². The Morgan fingerprint density at radius 1 is 1.26 bits per heavy atom. The van der Waals surface area contributed by atoms with Crippen LogP contribution in [0.3, 0.4) is 0 Å². The van der Waals surface area contributed by atoms with E-state index >= 15 is 0 Å². The highest BCUT2D eigenvalue weighted by Gasteiger charge is 2.33. The Labute approximate surface area is 111 Å². The Morgan fingerprint density at radius 2 is 2.05 bits per heavy atom. The van der Waals surface area contributed by atoms with E-state index in [1.165, 1.54) is 18.6 Å². The first-order valence-electron chi connectivity index (χ1n) is 6.60. The summed E-state index contributed by atoms with van der Waals surface area (Å²) in [5.41, 5.74) is -0.700. The van der Waals surface area contributed by atoms with Crippen molar-refractivity contribution in [2.75, 3.05) is 13.2 Å². The monoisotopic (exact) mass is 273 g/mol. The fourth-order valence-electron chi connectivity index (χ4n) is 2.34. The van der Waals surface area contributed by atoms with Crippen LogP contribution >= 0.6 is 0 Å². The van der Waals surface area contributed by atoms with E-state index in [0.29, 0.717) is 12.6 Å². The fourth-order valence-corrected chi connectivity index (χ4v) is 2.34. The second kappa shape index (κ2) is 6.28. The number of alkyl halides is 3. The van der Waals surface area contributed by atoms with Crippen molar-refractivity contribution in [3.63, 3.8) is 0 Å². The van der Waals surface area contributed by atoms with E-state index in [2.05, 4.69) is 5.32 Å². The van der Waals surface area contributed by atoms with Crippen molar-refractivity contribution in [1.29, 1.82) is 0 Å². The molecule has 1 aliphatic rings. The van der Waals surface area contributed by atoms with Crippen molar-refractivity contribution in [3.05, 3.63) is 29.8 Å². The molecule has 0 amide bonds. The van der Waals surface area contributed by atoms with Crippen LogP contribution in [0.5, 0.6) is 5.75 Å². The molecule has 1 saturated heterocycles. The molecule has 0 saturated carbocycles. The van der Waals surface area contributed by atoms with Crippen molar-refractivity contribution in [2.24, 2.45) is 0 Å². The number of ether oxygens (including phenoxy) is 1. The Kier molecular flexibility index (Phi) is 4.69. The Bertz CT molecular complexity index is 400. The van der Waals surface area contributed by atoms with E-state index in [0.717, 1.165) is 31.9 Å². The second-order valence-electron chi connectivity index (χ2n) is 4.78. The van der Waals surface area contributed by atoms with Crippen LogP contribution in [0.25, 0.3) is 0 Å². The lowest BCUT2D eigenvalue weighted by Crippen LogP contribution is -2.21. The van der Waals surface area contributed by atoms with Crippen LogP contribution < -0.4 is 10.1 Å². The molecule has 1 aromatic rings. The smallest absolute Gasteiger partial charge is 0.419 e. The molecule has 1 unspecified atom stereocenters. The average Bonchev–Trinajstić information content (AvgIpc) is 2.87. The lowest BCUT2D eigenvalue weighted by Gasteiger charge is -2.14. The van der Waals surface area contributed by atoms with E-state index in [1.807, 2.05) is 0 Å². The molecule has 5 heteroatoms. The van der Waals surface area contributed by atoms with Gasteiger partial charge < -0.3 is 10.1 Å². The van der Waals surface area contributed by atoms with Gasteiger partial charge in [-0.3, -0.25) is 0 Å². The summed E-state index contributed by atoms with van der Waals surface area (Å²) in [6.07, 6.45) is -0.302. The molecule has 0 aliphatic carbocycles. The molecule has 1 heterocycles. The molecule has 1 aliphatic heterocycles. The third kappa shape index (κ3) is 4.13. The molecule has 1 fully saturated rings. The Balaban J connectivity index is 1.82. The zero-order chi connectivity index (χ0) is 13.7. The van der Waals surface area contributed by atoms with Gasteiger partial charge in [-0.25, -0.2) is 0 Å². The van der Waals surface area contributed by atoms with Crippen LogP contribution in [-0.2, 0) is 6.18 Å². The van der Waals surface area contributed by atoms with Gasteiger partial charge in [0.15, 0.2) is 0 Å². The maximum atomic E-state index is 12.7. The van der Waals surface area contributed by atoms with Crippen LogP contribution in [0.1, 0.15) is 31.2 Å². The largest absolute Gasteiger partial charge is 0.493 e. The van der Waals surface area contributed by atoms with Gasteiger partial charge in [-0.05, 0) is 44.4 Å². The lowest BCUT2D eigenvalue weighted by atomic mass is 10.1. The van der Waals surface area contributed by atoms with Crippen LogP contribution in [0.15, 0.2) is 24.3 Å². The van der Waals surface area contributed by atoms with E-state index < -0.39 is 11.7 Å². The minimum absolute atomic E-state index is 0.0746. The first-order valence-corrected chi connectivity index (χ1v) is 6.60. The summed E-state index contributed by atoms with van der Waals surface area (Å²) >= 11 is 0. The molecule has 0 aromatic heterocycles. The highest BCUT2D eigenvalue weighted by Crippen LogP contribution is 2.35. The van der Waals surface area contributed by atoms with Crippen molar-refractivity contribution in [1.82, 2.24) is 5.32 Å². The normalized spacial score (nSPS) is 19.6. The molecule has 0 radical (unpaired) electrons. The van der Waals surface area contributed by atoms with Gasteiger partial charge in [-0.1, -0.05) is 12.1 Å². The third-order valence-electron chi connectivity index (χ3n) is 3.31. The van der Waals surface area contributed by atoms with Gasteiger partial charge in [0.1, 0.15) is 5.75 Å². The topological polar surface area (TPSA) is 21.3 Å². The molecule has 1 atom stereocenters. The maximum absolute atomic E-state index is 12.7. The molecule has 106 valence electrons. The molecule has 19 heavy (non-hydrogen) atoms. The summed E-state index contributed by atoms with van der Waals surface area (Å²) in [5.74, 6) is -0.0746. The lowest BCUT2D eigenvalue weighted by molar-refractivity contribution is -0.138. The van der Waals surface area contributed by atoms with Crippen LogP contribution in [-0.4, -0.2) is 19.2 Å². The van der Waals surface area contributed by atoms with Gasteiger partial charge in [0.2, 0.25) is 0 Å². The molecule has 1 N–H and O–H groups in total. The highest BCUT2D eigenvalue weighted by molar-refractivity contribution is 5.35. The SMILES string of the molecule is FC(F)(F)c1ccccc1OCCCC1CCCN1. The van der Waals surface area contributed by atoms with E-state index in [-0.39, 0.29) is 5.75 Å². The number of halogens is 3. The Morgan fingerprint density at radius 3 is 2.74 bits per heavy atom. The van der Waals surface area contributed by atoms with E-state index in [1.54, 1.807) is 6.07 Å². The third-order valence-corrected chi connectivity index (χ3v) is 3.31. The van der Waals surface area contributed by atoms with Gasteiger partial charge in [0, 0.05) is 6.04 Å². The maximum Gasteiger partial charge on any atom is 0.419 e. The first-order chi connectivity index (χ1) is 9.07. The van der Waals surface area contributed by atoms with Gasteiger partial charge in [-0.2, -0.15) is 13.2 Å². The van der Waals surface area contributed by atoms with Crippen LogP contribution in [0, 0.1) is 0 Å². The zero-order valence-electron chi connectivity index (χ0n) is 10.7. The summed E-state index contributed by atoms with van der Waals surface area (Å²) in [7, 11) is 0.